The Bertz CT molecular complexity index is 910. The van der Waals surface area contributed by atoms with E-state index in [-0.39, 0.29) is 29.4 Å². The lowest BCUT2D eigenvalue weighted by molar-refractivity contribution is -0.133. The van der Waals surface area contributed by atoms with Gasteiger partial charge >= 0.3 is 6.03 Å². The molecule has 1 aliphatic rings. The third-order valence-corrected chi connectivity index (χ3v) is 5.35. The van der Waals surface area contributed by atoms with Crippen molar-refractivity contribution in [2.75, 3.05) is 18.4 Å². The number of amides is 3. The van der Waals surface area contributed by atoms with Crippen molar-refractivity contribution in [3.05, 3.63) is 53.1 Å². The van der Waals surface area contributed by atoms with Crippen molar-refractivity contribution in [2.24, 2.45) is 13.0 Å². The molecule has 1 aromatic heterocycles. The number of halogens is 2. The van der Waals surface area contributed by atoms with Crippen LogP contribution in [-0.4, -0.2) is 45.4 Å². The van der Waals surface area contributed by atoms with Gasteiger partial charge in [0.15, 0.2) is 0 Å². The van der Waals surface area contributed by atoms with E-state index in [1.807, 2.05) is 48.7 Å². The van der Waals surface area contributed by atoms with Gasteiger partial charge in [0.05, 0.1) is 11.6 Å². The van der Waals surface area contributed by atoms with Gasteiger partial charge in [-0.05, 0) is 49.1 Å². The fraction of sp³-hybridized carbons (Fsp3) is 0.455. The molecular weight excluding hydrogens is 407 g/mol. The van der Waals surface area contributed by atoms with Crippen LogP contribution in [-0.2, 0) is 18.4 Å². The highest BCUT2D eigenvalue weighted by Crippen LogP contribution is 2.29. The summed E-state index contributed by atoms with van der Waals surface area (Å²) in [6.07, 6.45) is 3.93. The van der Waals surface area contributed by atoms with Gasteiger partial charge in [0.25, 0.3) is 0 Å². The van der Waals surface area contributed by atoms with E-state index in [4.69, 9.17) is 11.6 Å². The van der Waals surface area contributed by atoms with Crippen molar-refractivity contribution in [3.8, 4) is 0 Å². The topological polar surface area (TPSA) is 57.6 Å². The Morgan fingerprint density at radius 3 is 2.60 bits per heavy atom. The molecule has 0 unspecified atom stereocenters. The first-order valence-electron chi connectivity index (χ1n) is 10.1. The molecule has 6 nitrogen and oxygen atoms in total. The van der Waals surface area contributed by atoms with Gasteiger partial charge in [-0.15, -0.1) is 0 Å². The SMILES string of the molecule is CC(C)CN(CC(=O)N(Cc1cccn1C)C1CC1)C(=O)Nc1ccc(F)c(Cl)c1. The maximum absolute atomic E-state index is 13.4. The molecular formula is C22H28ClFN4O2. The molecule has 0 spiro atoms. The Balaban J connectivity index is 1.70. The molecule has 1 fully saturated rings. The van der Waals surface area contributed by atoms with E-state index >= 15 is 0 Å². The molecule has 0 atom stereocenters. The van der Waals surface area contributed by atoms with Crippen molar-refractivity contribution >= 4 is 29.2 Å². The Labute approximate surface area is 181 Å². The monoisotopic (exact) mass is 434 g/mol. The summed E-state index contributed by atoms with van der Waals surface area (Å²) < 4.78 is 15.4. The minimum absolute atomic E-state index is 0.0140. The highest BCUT2D eigenvalue weighted by atomic mass is 35.5. The summed E-state index contributed by atoms with van der Waals surface area (Å²) >= 11 is 5.81. The number of benzene rings is 1. The molecule has 8 heteroatoms. The molecule has 3 rings (SSSR count). The normalized spacial score (nSPS) is 13.4. The van der Waals surface area contributed by atoms with Gasteiger partial charge in [0.2, 0.25) is 5.91 Å². The van der Waals surface area contributed by atoms with Crippen molar-refractivity contribution in [1.82, 2.24) is 14.4 Å². The Hall–Kier alpha value is -2.54. The lowest BCUT2D eigenvalue weighted by Crippen LogP contribution is -2.46. The number of nitrogens with one attached hydrogen (secondary N) is 1. The maximum Gasteiger partial charge on any atom is 0.322 e. The van der Waals surface area contributed by atoms with Gasteiger partial charge in [-0.3, -0.25) is 4.79 Å². The predicted octanol–water partition coefficient (Wildman–Crippen LogP) is 4.50. The average Bonchev–Trinajstić information content (AvgIpc) is 3.44. The molecule has 3 amide bonds. The van der Waals surface area contributed by atoms with E-state index < -0.39 is 11.8 Å². The Morgan fingerprint density at radius 1 is 1.30 bits per heavy atom. The highest BCUT2D eigenvalue weighted by molar-refractivity contribution is 6.31. The molecule has 1 aliphatic carbocycles. The number of urea groups is 1. The standard InChI is InChI=1S/C22H28ClFN4O2/c1-15(2)12-27(22(30)25-16-6-9-20(24)19(23)11-16)14-21(29)28(17-7-8-17)13-18-5-4-10-26(18)3/h4-6,9-11,15,17H,7-8,12-14H2,1-3H3,(H,25,30). The van der Waals surface area contributed by atoms with Crippen LogP contribution in [0.4, 0.5) is 14.9 Å². The molecule has 1 heterocycles. The fourth-order valence-electron chi connectivity index (χ4n) is 3.33. The first kappa shape index (κ1) is 22.2. The second kappa shape index (κ2) is 9.51. The third-order valence-electron chi connectivity index (χ3n) is 5.06. The number of aromatic nitrogens is 1. The van der Waals surface area contributed by atoms with Crippen LogP contribution in [0.25, 0.3) is 0 Å². The second-order valence-electron chi connectivity index (χ2n) is 8.20. The summed E-state index contributed by atoms with van der Waals surface area (Å²) in [5.41, 5.74) is 1.44. The van der Waals surface area contributed by atoms with Gasteiger partial charge in [0.1, 0.15) is 12.4 Å². The van der Waals surface area contributed by atoms with E-state index in [1.54, 1.807) is 0 Å². The van der Waals surface area contributed by atoms with E-state index in [2.05, 4.69) is 5.32 Å². The van der Waals surface area contributed by atoms with Crippen LogP contribution in [0.2, 0.25) is 5.02 Å². The molecule has 1 aromatic carbocycles. The van der Waals surface area contributed by atoms with Crippen LogP contribution in [0, 0.1) is 11.7 Å². The Morgan fingerprint density at radius 2 is 2.03 bits per heavy atom. The van der Waals surface area contributed by atoms with Crippen LogP contribution in [0.5, 0.6) is 0 Å². The summed E-state index contributed by atoms with van der Waals surface area (Å²) in [6.45, 7) is 4.91. The third kappa shape index (κ3) is 5.75. The number of aryl methyl sites for hydroxylation is 1. The minimum Gasteiger partial charge on any atom is -0.353 e. The second-order valence-corrected chi connectivity index (χ2v) is 8.60. The maximum atomic E-state index is 13.4. The summed E-state index contributed by atoms with van der Waals surface area (Å²) in [7, 11) is 1.96. The molecule has 30 heavy (non-hydrogen) atoms. The molecule has 0 saturated heterocycles. The molecule has 0 bridgehead atoms. The number of rotatable bonds is 8. The summed E-state index contributed by atoms with van der Waals surface area (Å²) in [5.74, 6) is -0.445. The number of carbonyl (C=O) groups excluding carboxylic acids is 2. The molecule has 2 aromatic rings. The van der Waals surface area contributed by atoms with E-state index in [9.17, 15) is 14.0 Å². The Kier molecular flexibility index (Phi) is 7.02. The van der Waals surface area contributed by atoms with Crippen molar-refractivity contribution < 1.29 is 14.0 Å². The van der Waals surface area contributed by atoms with Crippen LogP contribution in [0.15, 0.2) is 36.5 Å². The zero-order valence-corrected chi connectivity index (χ0v) is 18.3. The van der Waals surface area contributed by atoms with Gasteiger partial charge < -0.3 is 19.7 Å². The summed E-state index contributed by atoms with van der Waals surface area (Å²) in [5, 5.41) is 2.65. The minimum atomic E-state index is -0.551. The van der Waals surface area contributed by atoms with E-state index in [0.29, 0.717) is 18.8 Å². The van der Waals surface area contributed by atoms with E-state index in [1.165, 1.54) is 23.1 Å². The number of anilines is 1. The van der Waals surface area contributed by atoms with Crippen molar-refractivity contribution in [3.63, 3.8) is 0 Å². The number of hydrogen-bond acceptors (Lipinski definition) is 2. The summed E-state index contributed by atoms with van der Waals surface area (Å²) in [4.78, 5) is 29.4. The van der Waals surface area contributed by atoms with Crippen LogP contribution in [0.1, 0.15) is 32.4 Å². The first-order chi connectivity index (χ1) is 14.2. The lowest BCUT2D eigenvalue weighted by Gasteiger charge is -2.29. The quantitative estimate of drug-likeness (QED) is 0.665. The van der Waals surface area contributed by atoms with Crippen molar-refractivity contribution in [2.45, 2.75) is 39.3 Å². The number of nitrogens with zero attached hydrogens (tertiary/aromatic N) is 3. The molecule has 1 N–H and O–H groups in total. The number of hydrogen-bond donors (Lipinski definition) is 1. The lowest BCUT2D eigenvalue weighted by atomic mass is 10.2. The van der Waals surface area contributed by atoms with Crippen LogP contribution in [0.3, 0.4) is 0 Å². The van der Waals surface area contributed by atoms with Crippen LogP contribution >= 0.6 is 11.6 Å². The van der Waals surface area contributed by atoms with Crippen LogP contribution < -0.4 is 5.32 Å². The number of carbonyl (C=O) groups is 2. The largest absolute Gasteiger partial charge is 0.353 e. The molecule has 0 aliphatic heterocycles. The molecule has 0 radical (unpaired) electrons. The predicted molar refractivity (Wildman–Crippen MR) is 116 cm³/mol. The smallest absolute Gasteiger partial charge is 0.322 e. The van der Waals surface area contributed by atoms with Crippen molar-refractivity contribution in [1.29, 1.82) is 0 Å². The van der Waals surface area contributed by atoms with Gasteiger partial charge in [-0.1, -0.05) is 25.4 Å². The summed E-state index contributed by atoms with van der Waals surface area (Å²) in [6, 6.07) is 7.78. The zero-order chi connectivity index (χ0) is 21.8. The average molecular weight is 435 g/mol. The zero-order valence-electron chi connectivity index (χ0n) is 17.6. The van der Waals surface area contributed by atoms with Gasteiger partial charge in [-0.25, -0.2) is 9.18 Å². The molecule has 162 valence electrons. The van der Waals surface area contributed by atoms with Gasteiger partial charge in [-0.2, -0.15) is 0 Å². The van der Waals surface area contributed by atoms with E-state index in [0.717, 1.165) is 18.5 Å². The highest BCUT2D eigenvalue weighted by Gasteiger charge is 2.34. The fourth-order valence-corrected chi connectivity index (χ4v) is 3.51. The molecule has 1 saturated carbocycles. The first-order valence-corrected chi connectivity index (χ1v) is 10.5. The van der Waals surface area contributed by atoms with Gasteiger partial charge in [0, 0.05) is 37.2 Å².